The Labute approximate surface area is 231 Å². The fourth-order valence-electron chi connectivity index (χ4n) is 4.86. The highest BCUT2D eigenvalue weighted by Gasteiger charge is 2.27. The Morgan fingerprint density at radius 1 is 0.811 bits per heavy atom. The van der Waals surface area contributed by atoms with Gasteiger partial charge in [-0.05, 0) is 73.3 Å². The first-order chi connectivity index (χ1) is 17.8. The van der Waals surface area contributed by atoms with Gasteiger partial charge in [0.1, 0.15) is 0 Å². The van der Waals surface area contributed by atoms with Gasteiger partial charge in [0.15, 0.2) is 0 Å². The lowest BCUT2D eigenvalue weighted by Crippen LogP contribution is -2.47. The van der Waals surface area contributed by atoms with E-state index in [9.17, 15) is 5.26 Å². The molecule has 0 saturated carbocycles. The first-order valence-corrected chi connectivity index (χ1v) is 13.5. The Morgan fingerprint density at radius 2 is 1.38 bits per heavy atom. The van der Waals surface area contributed by atoms with Crippen LogP contribution < -0.4 is 4.90 Å². The van der Waals surface area contributed by atoms with Gasteiger partial charge in [-0.3, -0.25) is 9.80 Å². The molecule has 7 heteroatoms. The minimum absolute atomic E-state index is 0.139. The van der Waals surface area contributed by atoms with Gasteiger partial charge in [-0.2, -0.15) is 5.26 Å². The predicted molar refractivity (Wildman–Crippen MR) is 155 cm³/mol. The van der Waals surface area contributed by atoms with Crippen LogP contribution in [0.2, 0.25) is 10.0 Å². The summed E-state index contributed by atoms with van der Waals surface area (Å²) in [6.07, 6.45) is 0. The number of benzene rings is 3. The second kappa shape index (κ2) is 12.8. The maximum Gasteiger partial charge on any atom is 0.0995 e. The third kappa shape index (κ3) is 7.25. The number of nitrogens with zero attached hydrogens (tertiary/aromatic N) is 5. The van der Waals surface area contributed by atoms with Crippen molar-refractivity contribution in [3.8, 4) is 6.07 Å². The molecule has 4 rings (SSSR count). The summed E-state index contributed by atoms with van der Waals surface area (Å²) < 4.78 is 0. The van der Waals surface area contributed by atoms with Crippen LogP contribution in [0, 0.1) is 11.3 Å². The molecule has 0 atom stereocenters. The molecule has 0 aromatic heterocycles. The lowest BCUT2D eigenvalue weighted by molar-refractivity contribution is 0.105. The number of hydrogen-bond donors (Lipinski definition) is 0. The molecular formula is C30H35Cl2N5. The Hall–Kier alpha value is -2.59. The first-order valence-electron chi connectivity index (χ1n) is 12.7. The molecule has 0 N–H and O–H groups in total. The molecule has 0 unspecified atom stereocenters. The van der Waals surface area contributed by atoms with Crippen molar-refractivity contribution in [2.45, 2.75) is 12.6 Å². The standard InChI is InChI=1S/C30H35Cl2N5/c1-34(2)14-15-35(3)29-13-8-25(21-33)26(20-29)22-36-16-18-37(19-17-36)30(23-4-9-27(31)10-5-23)24-6-11-28(32)12-7-24/h4-13,20,30H,14-19,22H2,1-3H3. The molecule has 37 heavy (non-hydrogen) atoms. The van der Waals surface area contributed by atoms with Crippen LogP contribution in [0.15, 0.2) is 66.7 Å². The number of likely N-dealkylation sites (N-methyl/N-ethyl adjacent to an activating group) is 2. The van der Waals surface area contributed by atoms with E-state index in [4.69, 9.17) is 23.2 Å². The summed E-state index contributed by atoms with van der Waals surface area (Å²) in [7, 11) is 6.28. The van der Waals surface area contributed by atoms with E-state index < -0.39 is 0 Å². The smallest absolute Gasteiger partial charge is 0.0995 e. The molecular weight excluding hydrogens is 501 g/mol. The highest BCUT2D eigenvalue weighted by atomic mass is 35.5. The van der Waals surface area contributed by atoms with Gasteiger partial charge in [-0.15, -0.1) is 0 Å². The Morgan fingerprint density at radius 3 is 1.89 bits per heavy atom. The molecule has 1 aliphatic rings. The van der Waals surface area contributed by atoms with Crippen molar-refractivity contribution in [1.82, 2.24) is 14.7 Å². The van der Waals surface area contributed by atoms with Crippen molar-refractivity contribution in [3.63, 3.8) is 0 Å². The van der Waals surface area contributed by atoms with Gasteiger partial charge in [0.2, 0.25) is 0 Å². The van der Waals surface area contributed by atoms with Crippen LogP contribution in [0.3, 0.4) is 0 Å². The third-order valence-corrected chi connectivity index (χ3v) is 7.57. The zero-order valence-corrected chi connectivity index (χ0v) is 23.4. The zero-order chi connectivity index (χ0) is 26.4. The molecule has 1 saturated heterocycles. The summed E-state index contributed by atoms with van der Waals surface area (Å²) in [6.45, 7) is 6.43. The van der Waals surface area contributed by atoms with Gasteiger partial charge in [0.05, 0.1) is 17.7 Å². The fraction of sp³-hybridized carbons (Fsp3) is 0.367. The molecule has 0 amide bonds. The summed E-state index contributed by atoms with van der Waals surface area (Å²) in [6, 6.07) is 25.0. The quantitative estimate of drug-likeness (QED) is 0.347. The van der Waals surface area contributed by atoms with E-state index in [2.05, 4.69) is 83.2 Å². The maximum atomic E-state index is 9.74. The molecule has 1 aliphatic heterocycles. The van der Waals surface area contributed by atoms with Crippen molar-refractivity contribution in [3.05, 3.63) is 99.0 Å². The van der Waals surface area contributed by atoms with E-state index in [1.807, 2.05) is 30.3 Å². The van der Waals surface area contributed by atoms with Crippen LogP contribution >= 0.6 is 23.2 Å². The third-order valence-electron chi connectivity index (χ3n) is 7.07. The van der Waals surface area contributed by atoms with E-state index in [1.165, 1.54) is 11.1 Å². The van der Waals surface area contributed by atoms with Gasteiger partial charge < -0.3 is 9.80 Å². The SMILES string of the molecule is CN(C)CCN(C)c1ccc(C#N)c(CN2CCN(C(c3ccc(Cl)cc3)c3ccc(Cl)cc3)CC2)c1. The second-order valence-corrected chi connectivity index (χ2v) is 10.9. The highest BCUT2D eigenvalue weighted by Crippen LogP contribution is 2.31. The average molecular weight is 537 g/mol. The monoisotopic (exact) mass is 535 g/mol. The lowest BCUT2D eigenvalue weighted by Gasteiger charge is -2.40. The summed E-state index contributed by atoms with van der Waals surface area (Å²) in [5.74, 6) is 0. The van der Waals surface area contributed by atoms with Crippen LogP contribution in [0.1, 0.15) is 28.3 Å². The molecule has 0 radical (unpaired) electrons. The number of halogens is 2. The molecule has 3 aromatic carbocycles. The van der Waals surface area contributed by atoms with Gasteiger partial charge in [-0.25, -0.2) is 0 Å². The number of rotatable bonds is 9. The lowest BCUT2D eigenvalue weighted by atomic mass is 9.96. The van der Waals surface area contributed by atoms with Crippen molar-refractivity contribution in [2.24, 2.45) is 0 Å². The summed E-state index contributed by atoms with van der Waals surface area (Å²) in [5.41, 5.74) is 5.45. The molecule has 194 valence electrons. The predicted octanol–water partition coefficient (Wildman–Crippen LogP) is 5.77. The van der Waals surface area contributed by atoms with Crippen LogP contribution in [-0.4, -0.2) is 75.1 Å². The van der Waals surface area contributed by atoms with Crippen LogP contribution in [-0.2, 0) is 6.54 Å². The molecule has 0 bridgehead atoms. The van der Waals surface area contributed by atoms with Gasteiger partial charge in [0.25, 0.3) is 0 Å². The maximum absolute atomic E-state index is 9.74. The van der Waals surface area contributed by atoms with E-state index in [0.717, 1.165) is 72.7 Å². The molecule has 0 aliphatic carbocycles. The number of hydrogen-bond acceptors (Lipinski definition) is 5. The van der Waals surface area contributed by atoms with Crippen LogP contribution in [0.25, 0.3) is 0 Å². The largest absolute Gasteiger partial charge is 0.373 e. The average Bonchev–Trinajstić information content (AvgIpc) is 2.90. The zero-order valence-electron chi connectivity index (χ0n) is 21.9. The van der Waals surface area contributed by atoms with Gasteiger partial charge >= 0.3 is 0 Å². The summed E-state index contributed by atoms with van der Waals surface area (Å²) in [4.78, 5) is 9.42. The van der Waals surface area contributed by atoms with Crippen molar-refractivity contribution in [2.75, 3.05) is 65.3 Å². The minimum atomic E-state index is 0.139. The normalized spacial score (nSPS) is 14.8. The topological polar surface area (TPSA) is 36.8 Å². The number of nitriles is 1. The van der Waals surface area contributed by atoms with E-state index in [1.54, 1.807) is 0 Å². The second-order valence-electron chi connectivity index (χ2n) is 10.00. The molecule has 3 aromatic rings. The number of anilines is 1. The van der Waals surface area contributed by atoms with Gasteiger partial charge in [0, 0.05) is 68.6 Å². The fourth-order valence-corrected chi connectivity index (χ4v) is 5.11. The van der Waals surface area contributed by atoms with Gasteiger partial charge in [-0.1, -0.05) is 47.5 Å². The minimum Gasteiger partial charge on any atom is -0.373 e. The van der Waals surface area contributed by atoms with Crippen molar-refractivity contribution in [1.29, 1.82) is 5.26 Å². The summed E-state index contributed by atoms with van der Waals surface area (Å²) >= 11 is 12.4. The van der Waals surface area contributed by atoms with E-state index >= 15 is 0 Å². The van der Waals surface area contributed by atoms with Crippen LogP contribution in [0.5, 0.6) is 0 Å². The van der Waals surface area contributed by atoms with Crippen molar-refractivity contribution >= 4 is 28.9 Å². The molecule has 5 nitrogen and oxygen atoms in total. The Kier molecular flexibility index (Phi) is 9.48. The van der Waals surface area contributed by atoms with E-state index in [0.29, 0.717) is 0 Å². The molecule has 0 spiro atoms. The molecule has 1 fully saturated rings. The van der Waals surface area contributed by atoms with E-state index in [-0.39, 0.29) is 6.04 Å². The summed E-state index contributed by atoms with van der Waals surface area (Å²) in [5, 5.41) is 11.2. The number of piperazine rings is 1. The molecule has 1 heterocycles. The van der Waals surface area contributed by atoms with Crippen LogP contribution in [0.4, 0.5) is 5.69 Å². The first kappa shape index (κ1) is 27.4. The van der Waals surface area contributed by atoms with Crippen molar-refractivity contribution < 1.29 is 0 Å². The Bertz CT molecular complexity index is 1150. The highest BCUT2D eigenvalue weighted by molar-refractivity contribution is 6.30. The Balaban J connectivity index is 1.47.